The van der Waals surface area contributed by atoms with Crippen molar-refractivity contribution < 1.29 is 9.63 Å². The first kappa shape index (κ1) is 14.0. The number of carbonyl (C=O) groups is 1. The number of aromatic amines is 1. The monoisotopic (exact) mass is 310 g/mol. The molecule has 1 N–H and O–H groups in total. The molecule has 0 fully saturated rings. The third kappa shape index (κ3) is 2.84. The Kier molecular flexibility index (Phi) is 3.57. The molecule has 6 heteroatoms. The van der Waals surface area contributed by atoms with Crippen molar-refractivity contribution in [3.8, 4) is 0 Å². The van der Waals surface area contributed by atoms with Crippen molar-refractivity contribution in [1.29, 1.82) is 0 Å². The van der Waals surface area contributed by atoms with Crippen LogP contribution in [0, 0.1) is 0 Å². The highest BCUT2D eigenvalue weighted by molar-refractivity contribution is 5.94. The molecule has 4 rings (SSSR count). The van der Waals surface area contributed by atoms with E-state index in [9.17, 15) is 4.79 Å². The summed E-state index contributed by atoms with van der Waals surface area (Å²) in [6, 6.07) is 10.1. The molecular formula is C17H18N4O2. The van der Waals surface area contributed by atoms with Gasteiger partial charge < -0.3 is 9.74 Å². The van der Waals surface area contributed by atoms with Gasteiger partial charge in [-0.15, -0.1) is 0 Å². The maximum absolute atomic E-state index is 12.6. The van der Waals surface area contributed by atoms with Gasteiger partial charge in [0.05, 0.1) is 11.9 Å². The van der Waals surface area contributed by atoms with Crippen molar-refractivity contribution in [2.45, 2.75) is 31.9 Å². The summed E-state index contributed by atoms with van der Waals surface area (Å²) in [4.78, 5) is 19.9. The highest BCUT2D eigenvalue weighted by Crippen LogP contribution is 2.21. The van der Waals surface area contributed by atoms with Gasteiger partial charge in [0.1, 0.15) is 0 Å². The van der Waals surface area contributed by atoms with E-state index in [1.165, 1.54) is 5.56 Å². The van der Waals surface area contributed by atoms with Crippen LogP contribution in [0.1, 0.15) is 23.2 Å². The Morgan fingerprint density at radius 2 is 2.22 bits per heavy atom. The molecule has 6 nitrogen and oxygen atoms in total. The second kappa shape index (κ2) is 5.87. The average Bonchev–Trinajstić information content (AvgIpc) is 3.23. The lowest BCUT2D eigenvalue weighted by Crippen LogP contribution is -2.42. The molecular weight excluding hydrogens is 292 g/mol. The third-order valence-electron chi connectivity index (χ3n) is 4.37. The molecule has 2 aliphatic heterocycles. The summed E-state index contributed by atoms with van der Waals surface area (Å²) < 4.78 is 0. The van der Waals surface area contributed by atoms with Crippen LogP contribution in [0.25, 0.3) is 0 Å². The zero-order valence-corrected chi connectivity index (χ0v) is 12.7. The van der Waals surface area contributed by atoms with Gasteiger partial charge in [0.15, 0.2) is 0 Å². The number of nitrogens with zero attached hydrogens (tertiary/aromatic N) is 3. The minimum absolute atomic E-state index is 0.0173. The van der Waals surface area contributed by atoms with E-state index in [4.69, 9.17) is 4.84 Å². The van der Waals surface area contributed by atoms with Gasteiger partial charge >= 0.3 is 0 Å². The minimum atomic E-state index is -0.484. The Balaban J connectivity index is 1.36. The molecule has 0 bridgehead atoms. The smallest absolute Gasteiger partial charge is 0.267 e. The fraction of sp³-hybridized carbons (Fsp3) is 0.353. The summed E-state index contributed by atoms with van der Waals surface area (Å²) in [5, 5.41) is 11.1. The lowest BCUT2D eigenvalue weighted by Gasteiger charge is -2.28. The SMILES string of the molecule is O=C([C@@H]1CC(Cc2ccccc2)=NO1)N1CCc2[nH]ncc2C1. The summed E-state index contributed by atoms with van der Waals surface area (Å²) in [6.45, 7) is 1.29. The lowest BCUT2D eigenvalue weighted by atomic mass is 10.0. The number of oxime groups is 1. The van der Waals surface area contributed by atoms with Crippen molar-refractivity contribution in [3.63, 3.8) is 0 Å². The normalized spacial score (nSPS) is 19.9. The van der Waals surface area contributed by atoms with Gasteiger partial charge in [-0.25, -0.2) is 0 Å². The van der Waals surface area contributed by atoms with Gasteiger partial charge in [0, 0.05) is 43.6 Å². The third-order valence-corrected chi connectivity index (χ3v) is 4.37. The van der Waals surface area contributed by atoms with E-state index in [0.717, 1.165) is 29.8 Å². The van der Waals surface area contributed by atoms with Crippen LogP contribution in [0.2, 0.25) is 0 Å². The number of amides is 1. The van der Waals surface area contributed by atoms with Crippen LogP contribution in [0.4, 0.5) is 0 Å². The molecule has 2 aliphatic rings. The van der Waals surface area contributed by atoms with E-state index in [1.807, 2.05) is 23.1 Å². The Morgan fingerprint density at radius 3 is 3.09 bits per heavy atom. The zero-order valence-electron chi connectivity index (χ0n) is 12.7. The molecule has 2 aromatic rings. The fourth-order valence-corrected chi connectivity index (χ4v) is 3.11. The number of rotatable bonds is 3. The van der Waals surface area contributed by atoms with E-state index in [0.29, 0.717) is 19.5 Å². The quantitative estimate of drug-likeness (QED) is 0.937. The molecule has 0 saturated heterocycles. The first-order chi connectivity index (χ1) is 11.3. The number of aromatic nitrogens is 2. The summed E-state index contributed by atoms with van der Waals surface area (Å²) in [5.41, 5.74) is 4.33. The number of hydrogen-bond donors (Lipinski definition) is 1. The van der Waals surface area contributed by atoms with Gasteiger partial charge in [-0.2, -0.15) is 5.10 Å². The Labute approximate surface area is 134 Å². The molecule has 0 radical (unpaired) electrons. The van der Waals surface area contributed by atoms with Crippen molar-refractivity contribution in [2.75, 3.05) is 6.54 Å². The summed E-state index contributed by atoms with van der Waals surface area (Å²) in [6.07, 6.45) is 3.42. The Morgan fingerprint density at radius 1 is 1.35 bits per heavy atom. The number of benzene rings is 1. The average molecular weight is 310 g/mol. The molecule has 1 atom stereocenters. The van der Waals surface area contributed by atoms with Crippen LogP contribution in [0.15, 0.2) is 41.7 Å². The fourth-order valence-electron chi connectivity index (χ4n) is 3.11. The van der Waals surface area contributed by atoms with Crippen LogP contribution >= 0.6 is 0 Å². The van der Waals surface area contributed by atoms with E-state index in [2.05, 4.69) is 27.5 Å². The zero-order chi connectivity index (χ0) is 15.6. The summed E-state index contributed by atoms with van der Waals surface area (Å²) in [7, 11) is 0. The van der Waals surface area contributed by atoms with Gasteiger partial charge in [-0.1, -0.05) is 35.5 Å². The molecule has 23 heavy (non-hydrogen) atoms. The maximum Gasteiger partial charge on any atom is 0.267 e. The minimum Gasteiger partial charge on any atom is -0.382 e. The van der Waals surface area contributed by atoms with E-state index in [1.54, 1.807) is 6.20 Å². The van der Waals surface area contributed by atoms with E-state index < -0.39 is 6.10 Å². The molecule has 0 aliphatic carbocycles. The second-order valence-electron chi connectivity index (χ2n) is 6.00. The van der Waals surface area contributed by atoms with E-state index in [-0.39, 0.29) is 5.91 Å². The maximum atomic E-state index is 12.6. The molecule has 118 valence electrons. The molecule has 0 saturated carbocycles. The predicted octanol–water partition coefficient (Wildman–Crippen LogP) is 1.68. The van der Waals surface area contributed by atoms with Crippen molar-refractivity contribution >= 4 is 11.6 Å². The predicted molar refractivity (Wildman–Crippen MR) is 84.8 cm³/mol. The molecule has 0 unspecified atom stereocenters. The van der Waals surface area contributed by atoms with Gasteiger partial charge in [0.2, 0.25) is 6.10 Å². The molecule has 1 aromatic heterocycles. The Hall–Kier alpha value is -2.63. The van der Waals surface area contributed by atoms with Crippen LogP contribution in [-0.4, -0.2) is 39.4 Å². The van der Waals surface area contributed by atoms with Crippen molar-refractivity contribution in [1.82, 2.24) is 15.1 Å². The lowest BCUT2D eigenvalue weighted by molar-refractivity contribution is -0.143. The molecule has 3 heterocycles. The topological polar surface area (TPSA) is 70.6 Å². The van der Waals surface area contributed by atoms with Gasteiger partial charge in [-0.3, -0.25) is 9.89 Å². The van der Waals surface area contributed by atoms with Crippen LogP contribution in [0.5, 0.6) is 0 Å². The largest absolute Gasteiger partial charge is 0.382 e. The molecule has 1 amide bonds. The summed E-state index contributed by atoms with van der Waals surface area (Å²) in [5.74, 6) is 0.0173. The van der Waals surface area contributed by atoms with Crippen molar-refractivity contribution in [2.24, 2.45) is 5.16 Å². The highest BCUT2D eigenvalue weighted by atomic mass is 16.6. The number of fused-ring (bicyclic) bond motifs is 1. The first-order valence-electron chi connectivity index (χ1n) is 7.85. The number of nitrogens with one attached hydrogen (secondary N) is 1. The molecule has 1 aromatic carbocycles. The number of carbonyl (C=O) groups excluding carboxylic acids is 1. The standard InChI is InChI=1S/C17H18N4O2/c22-17(21-7-6-15-13(11-21)10-18-19-15)16-9-14(20-23-16)8-12-4-2-1-3-5-12/h1-5,10,16H,6-9,11H2,(H,18,19)/t16-/m0/s1. The van der Waals surface area contributed by atoms with Crippen LogP contribution in [-0.2, 0) is 29.0 Å². The first-order valence-corrected chi connectivity index (χ1v) is 7.85. The van der Waals surface area contributed by atoms with Crippen LogP contribution < -0.4 is 0 Å². The number of hydrogen-bond acceptors (Lipinski definition) is 4. The van der Waals surface area contributed by atoms with E-state index >= 15 is 0 Å². The van der Waals surface area contributed by atoms with Gasteiger partial charge in [0.25, 0.3) is 5.91 Å². The Bertz CT molecular complexity index is 738. The highest BCUT2D eigenvalue weighted by Gasteiger charge is 2.33. The molecule has 0 spiro atoms. The summed E-state index contributed by atoms with van der Waals surface area (Å²) >= 11 is 0. The van der Waals surface area contributed by atoms with Gasteiger partial charge in [-0.05, 0) is 5.56 Å². The van der Waals surface area contributed by atoms with Crippen molar-refractivity contribution in [3.05, 3.63) is 53.3 Å². The van der Waals surface area contributed by atoms with Crippen LogP contribution in [0.3, 0.4) is 0 Å². The second-order valence-corrected chi connectivity index (χ2v) is 6.00. The number of H-pyrrole nitrogens is 1.